The average molecular weight is 310 g/mol. The van der Waals surface area contributed by atoms with Crippen molar-refractivity contribution < 1.29 is 9.59 Å². The average Bonchev–Trinajstić information content (AvgIpc) is 2.73. The summed E-state index contributed by atoms with van der Waals surface area (Å²) < 4.78 is 1.55. The highest BCUT2D eigenvalue weighted by atomic mass is 32.2. The minimum atomic E-state index is -0.456. The van der Waals surface area contributed by atoms with Gasteiger partial charge in [0.15, 0.2) is 0 Å². The van der Waals surface area contributed by atoms with Crippen LogP contribution in [0.2, 0.25) is 0 Å². The summed E-state index contributed by atoms with van der Waals surface area (Å²) in [6, 6.07) is -0.443. The fourth-order valence-electron chi connectivity index (χ4n) is 2.06. The zero-order valence-corrected chi connectivity index (χ0v) is 13.7. The number of aromatic nitrogens is 2. The van der Waals surface area contributed by atoms with E-state index < -0.39 is 10.8 Å². The van der Waals surface area contributed by atoms with Gasteiger partial charge in [-0.2, -0.15) is 0 Å². The third kappa shape index (κ3) is 3.58. The molecule has 1 fully saturated rings. The second-order valence-electron chi connectivity index (χ2n) is 5.75. The van der Waals surface area contributed by atoms with E-state index in [2.05, 4.69) is 15.6 Å². The van der Waals surface area contributed by atoms with Gasteiger partial charge in [0.2, 0.25) is 11.8 Å². The van der Waals surface area contributed by atoms with E-state index in [4.69, 9.17) is 0 Å². The monoisotopic (exact) mass is 310 g/mol. The number of carbonyl (C=O) groups excluding carboxylic acids is 2. The van der Waals surface area contributed by atoms with E-state index in [1.165, 1.54) is 11.8 Å². The van der Waals surface area contributed by atoms with E-state index in [9.17, 15) is 9.59 Å². The van der Waals surface area contributed by atoms with Gasteiger partial charge in [0.05, 0.1) is 16.8 Å². The van der Waals surface area contributed by atoms with Crippen molar-refractivity contribution in [3.8, 4) is 0 Å². The molecule has 0 aliphatic carbocycles. The molecule has 1 saturated heterocycles. The predicted octanol–water partition coefficient (Wildman–Crippen LogP) is 0.626. The highest BCUT2D eigenvalue weighted by molar-refractivity contribution is 8.01. The second kappa shape index (κ2) is 6.09. The van der Waals surface area contributed by atoms with Crippen LogP contribution < -0.4 is 10.6 Å². The Bertz CT molecular complexity index is 553. The first kappa shape index (κ1) is 15.9. The molecular formula is C14H22N4O2S. The summed E-state index contributed by atoms with van der Waals surface area (Å²) in [6.45, 7) is 8.90. The topological polar surface area (TPSA) is 76.0 Å². The summed E-state index contributed by atoms with van der Waals surface area (Å²) >= 11 is 1.51. The molecule has 2 heterocycles. The predicted molar refractivity (Wildman–Crippen MR) is 83.2 cm³/mol. The SMILES string of the molecule is Cc1ncn(CCNC(=O)[C@H]2CSC(C)(C)C(=O)N2)c1C. The Kier molecular flexibility index (Phi) is 4.61. The molecule has 2 N–H and O–H groups in total. The van der Waals surface area contributed by atoms with E-state index in [-0.39, 0.29) is 11.8 Å². The lowest BCUT2D eigenvalue weighted by atomic mass is 10.1. The maximum absolute atomic E-state index is 12.1. The van der Waals surface area contributed by atoms with Gasteiger partial charge in [-0.15, -0.1) is 11.8 Å². The molecule has 2 amide bonds. The molecular weight excluding hydrogens is 288 g/mol. The van der Waals surface area contributed by atoms with Gasteiger partial charge in [-0.25, -0.2) is 4.98 Å². The minimum Gasteiger partial charge on any atom is -0.352 e. The van der Waals surface area contributed by atoms with E-state index in [0.29, 0.717) is 18.8 Å². The minimum absolute atomic E-state index is 0.0834. The highest BCUT2D eigenvalue weighted by Crippen LogP contribution is 2.28. The van der Waals surface area contributed by atoms with Crippen LogP contribution >= 0.6 is 11.8 Å². The van der Waals surface area contributed by atoms with Crippen molar-refractivity contribution in [3.63, 3.8) is 0 Å². The quantitative estimate of drug-likeness (QED) is 0.855. The first-order chi connectivity index (χ1) is 9.81. The van der Waals surface area contributed by atoms with Crippen LogP contribution in [0.25, 0.3) is 0 Å². The molecule has 116 valence electrons. The van der Waals surface area contributed by atoms with Gasteiger partial charge in [-0.3, -0.25) is 9.59 Å². The molecule has 1 aromatic heterocycles. The smallest absolute Gasteiger partial charge is 0.243 e. The third-order valence-corrected chi connectivity index (χ3v) is 5.18. The van der Waals surface area contributed by atoms with E-state index in [0.717, 1.165) is 11.4 Å². The van der Waals surface area contributed by atoms with Crippen LogP contribution in [0.4, 0.5) is 0 Å². The zero-order chi connectivity index (χ0) is 15.6. The number of nitrogens with one attached hydrogen (secondary N) is 2. The number of imidazole rings is 1. The normalized spacial score (nSPS) is 21.0. The van der Waals surface area contributed by atoms with Crippen molar-refractivity contribution in [1.82, 2.24) is 20.2 Å². The van der Waals surface area contributed by atoms with Gasteiger partial charge >= 0.3 is 0 Å². The summed E-state index contributed by atoms with van der Waals surface area (Å²) in [5, 5.41) is 5.65. The molecule has 21 heavy (non-hydrogen) atoms. The van der Waals surface area contributed by atoms with E-state index in [1.807, 2.05) is 32.3 Å². The van der Waals surface area contributed by atoms with Gasteiger partial charge in [0, 0.05) is 24.5 Å². The van der Waals surface area contributed by atoms with Crippen LogP contribution in [0.5, 0.6) is 0 Å². The zero-order valence-electron chi connectivity index (χ0n) is 12.9. The van der Waals surface area contributed by atoms with Crippen molar-refractivity contribution in [3.05, 3.63) is 17.7 Å². The summed E-state index contributed by atoms with van der Waals surface area (Å²) in [7, 11) is 0. The molecule has 0 unspecified atom stereocenters. The number of hydrogen-bond acceptors (Lipinski definition) is 4. The van der Waals surface area contributed by atoms with Gasteiger partial charge in [0.25, 0.3) is 0 Å². The van der Waals surface area contributed by atoms with Crippen molar-refractivity contribution >= 4 is 23.6 Å². The van der Waals surface area contributed by atoms with Crippen LogP contribution in [0.3, 0.4) is 0 Å². The Morgan fingerprint density at radius 3 is 2.86 bits per heavy atom. The standard InChI is InChI=1S/C14H22N4O2S/c1-9-10(2)18(8-16-9)6-5-15-12(19)11-7-21-14(3,4)13(20)17-11/h8,11H,5-7H2,1-4H3,(H,15,19)(H,17,20)/t11-/m1/s1. The fraction of sp³-hybridized carbons (Fsp3) is 0.643. The molecule has 0 aromatic carbocycles. The maximum Gasteiger partial charge on any atom is 0.243 e. The van der Waals surface area contributed by atoms with Crippen molar-refractivity contribution in [1.29, 1.82) is 0 Å². The van der Waals surface area contributed by atoms with Crippen molar-refractivity contribution in [2.75, 3.05) is 12.3 Å². The largest absolute Gasteiger partial charge is 0.352 e. The van der Waals surface area contributed by atoms with Gasteiger partial charge in [0.1, 0.15) is 6.04 Å². The molecule has 2 rings (SSSR count). The number of thioether (sulfide) groups is 1. The lowest BCUT2D eigenvalue weighted by Gasteiger charge is -2.32. The first-order valence-electron chi connectivity index (χ1n) is 7.02. The summed E-state index contributed by atoms with van der Waals surface area (Å²) in [5.74, 6) is 0.397. The van der Waals surface area contributed by atoms with Crippen LogP contribution in [-0.4, -0.2) is 44.5 Å². The number of amides is 2. The summed E-state index contributed by atoms with van der Waals surface area (Å²) in [4.78, 5) is 28.1. The maximum atomic E-state index is 12.1. The molecule has 6 nitrogen and oxygen atoms in total. The molecule has 1 aromatic rings. The number of nitrogens with zero attached hydrogens (tertiary/aromatic N) is 2. The highest BCUT2D eigenvalue weighted by Gasteiger charge is 2.37. The lowest BCUT2D eigenvalue weighted by Crippen LogP contribution is -2.57. The van der Waals surface area contributed by atoms with Crippen LogP contribution in [0, 0.1) is 13.8 Å². The summed E-state index contributed by atoms with van der Waals surface area (Å²) in [6.07, 6.45) is 1.78. The number of aryl methyl sites for hydroxylation is 1. The molecule has 7 heteroatoms. The van der Waals surface area contributed by atoms with E-state index in [1.54, 1.807) is 6.33 Å². The molecule has 1 atom stereocenters. The van der Waals surface area contributed by atoms with Crippen LogP contribution in [-0.2, 0) is 16.1 Å². The van der Waals surface area contributed by atoms with Crippen LogP contribution in [0.15, 0.2) is 6.33 Å². The lowest BCUT2D eigenvalue weighted by molar-refractivity contribution is -0.129. The molecule has 0 saturated carbocycles. The molecule has 1 aliphatic heterocycles. The van der Waals surface area contributed by atoms with E-state index >= 15 is 0 Å². The van der Waals surface area contributed by atoms with Gasteiger partial charge in [-0.05, 0) is 27.7 Å². The Balaban J connectivity index is 1.80. The first-order valence-corrected chi connectivity index (χ1v) is 8.01. The van der Waals surface area contributed by atoms with Crippen molar-refractivity contribution in [2.24, 2.45) is 0 Å². The Morgan fingerprint density at radius 2 is 2.29 bits per heavy atom. The Hall–Kier alpha value is -1.50. The number of carbonyl (C=O) groups is 2. The van der Waals surface area contributed by atoms with Crippen LogP contribution in [0.1, 0.15) is 25.2 Å². The van der Waals surface area contributed by atoms with Crippen molar-refractivity contribution in [2.45, 2.75) is 45.0 Å². The summed E-state index contributed by atoms with van der Waals surface area (Å²) in [5.41, 5.74) is 2.10. The number of hydrogen-bond donors (Lipinski definition) is 2. The Labute approximate surface area is 129 Å². The molecule has 1 aliphatic rings. The second-order valence-corrected chi connectivity index (χ2v) is 7.39. The Morgan fingerprint density at radius 1 is 1.57 bits per heavy atom. The number of rotatable bonds is 4. The molecule has 0 radical (unpaired) electrons. The fourth-order valence-corrected chi connectivity index (χ4v) is 3.07. The molecule has 0 bridgehead atoms. The third-order valence-electron chi connectivity index (χ3n) is 3.78. The van der Waals surface area contributed by atoms with Gasteiger partial charge < -0.3 is 15.2 Å². The molecule has 0 spiro atoms. The van der Waals surface area contributed by atoms with Gasteiger partial charge in [-0.1, -0.05) is 0 Å².